The lowest BCUT2D eigenvalue weighted by Crippen LogP contribution is -2.38. The first-order valence-corrected chi connectivity index (χ1v) is 13.0. The predicted molar refractivity (Wildman–Crippen MR) is 137 cm³/mol. The van der Waals surface area contributed by atoms with Crippen molar-refractivity contribution in [2.24, 2.45) is 5.41 Å². The topological polar surface area (TPSA) is 107 Å². The summed E-state index contributed by atoms with van der Waals surface area (Å²) in [6.07, 6.45) is -4.56. The zero-order valence-corrected chi connectivity index (χ0v) is 23.3. The van der Waals surface area contributed by atoms with Gasteiger partial charge in [0.2, 0.25) is 0 Å². The second-order valence-electron chi connectivity index (χ2n) is 11.6. The number of pyridine rings is 1. The SMILES string of the molecule is C[C@H]1CC(F)(F)CN1C(=O)c1nc(C(=O)NCC(C)(C)O)sc1-c1cnc(NCC(C)(C)C)cc1C(F)(F)F. The number of nitrogens with one attached hydrogen (secondary N) is 2. The fourth-order valence-corrected chi connectivity index (χ4v) is 4.86. The molecule has 1 aliphatic rings. The third kappa shape index (κ3) is 7.84. The number of aliphatic hydroxyl groups is 1. The first kappa shape index (κ1) is 30.7. The summed E-state index contributed by atoms with van der Waals surface area (Å²) in [6, 6.07) is -0.103. The number of nitrogens with zero attached hydrogens (tertiary/aromatic N) is 3. The van der Waals surface area contributed by atoms with Crippen LogP contribution in [0.4, 0.5) is 27.8 Å². The summed E-state index contributed by atoms with van der Waals surface area (Å²) in [5, 5.41) is 14.8. The molecular formula is C25H32F5N5O3S. The Labute approximate surface area is 227 Å². The van der Waals surface area contributed by atoms with Crippen molar-refractivity contribution in [3.8, 4) is 10.4 Å². The van der Waals surface area contributed by atoms with Crippen LogP contribution in [0, 0.1) is 5.41 Å². The molecule has 2 aromatic heterocycles. The summed E-state index contributed by atoms with van der Waals surface area (Å²) in [6.45, 7) is 9.13. The summed E-state index contributed by atoms with van der Waals surface area (Å²) in [4.78, 5) is 34.7. The average molecular weight is 578 g/mol. The molecule has 3 rings (SSSR count). The van der Waals surface area contributed by atoms with Gasteiger partial charge < -0.3 is 20.6 Å². The number of aromatic nitrogens is 2. The second kappa shape index (κ2) is 10.6. The van der Waals surface area contributed by atoms with Crippen molar-refractivity contribution < 1.29 is 36.6 Å². The molecule has 0 radical (unpaired) electrons. The minimum Gasteiger partial charge on any atom is -0.389 e. The van der Waals surface area contributed by atoms with Crippen LogP contribution < -0.4 is 10.6 Å². The van der Waals surface area contributed by atoms with Crippen LogP contribution in [0.5, 0.6) is 0 Å². The molecule has 14 heteroatoms. The molecule has 2 amide bonds. The van der Waals surface area contributed by atoms with E-state index in [1.54, 1.807) is 0 Å². The molecule has 0 bridgehead atoms. The maximum Gasteiger partial charge on any atom is 0.417 e. The summed E-state index contributed by atoms with van der Waals surface area (Å²) < 4.78 is 70.8. The Morgan fingerprint density at radius 2 is 1.82 bits per heavy atom. The van der Waals surface area contributed by atoms with E-state index >= 15 is 0 Å². The van der Waals surface area contributed by atoms with Gasteiger partial charge in [-0.2, -0.15) is 13.2 Å². The van der Waals surface area contributed by atoms with E-state index in [0.717, 1.165) is 17.2 Å². The maximum absolute atomic E-state index is 14.2. The Kier molecular flexibility index (Phi) is 8.34. The number of halogens is 5. The highest BCUT2D eigenvalue weighted by atomic mass is 32.1. The molecule has 0 aromatic carbocycles. The summed E-state index contributed by atoms with van der Waals surface area (Å²) in [7, 11) is 0. The van der Waals surface area contributed by atoms with Crippen LogP contribution in [0.1, 0.15) is 73.8 Å². The van der Waals surface area contributed by atoms with Crippen LogP contribution in [0.2, 0.25) is 0 Å². The number of hydrogen-bond acceptors (Lipinski definition) is 7. The van der Waals surface area contributed by atoms with Crippen molar-refractivity contribution in [2.75, 3.05) is 25.0 Å². The second-order valence-corrected chi connectivity index (χ2v) is 12.6. The maximum atomic E-state index is 14.2. The molecular weight excluding hydrogens is 545 g/mol. The Morgan fingerprint density at radius 1 is 1.18 bits per heavy atom. The Hall–Kier alpha value is -2.87. The van der Waals surface area contributed by atoms with Crippen molar-refractivity contribution in [3.05, 3.63) is 28.5 Å². The average Bonchev–Trinajstić information content (AvgIpc) is 3.34. The fraction of sp³-hybridized carbons (Fsp3) is 0.600. The molecule has 1 atom stereocenters. The number of alkyl halides is 5. The first-order chi connectivity index (χ1) is 17.7. The van der Waals surface area contributed by atoms with Crippen LogP contribution in [-0.2, 0) is 6.18 Å². The van der Waals surface area contributed by atoms with E-state index in [1.165, 1.54) is 20.8 Å². The molecule has 3 heterocycles. The van der Waals surface area contributed by atoms with Gasteiger partial charge in [-0.05, 0) is 32.3 Å². The minimum absolute atomic E-state index is 0.0469. The molecule has 0 saturated carbocycles. The number of carbonyl (C=O) groups is 2. The van der Waals surface area contributed by atoms with E-state index in [4.69, 9.17) is 0 Å². The third-order valence-electron chi connectivity index (χ3n) is 5.75. The van der Waals surface area contributed by atoms with Crippen molar-refractivity contribution >= 4 is 29.0 Å². The highest BCUT2D eigenvalue weighted by Gasteiger charge is 2.46. The van der Waals surface area contributed by atoms with Crippen LogP contribution in [0.3, 0.4) is 0 Å². The lowest BCUT2D eigenvalue weighted by Gasteiger charge is -2.21. The van der Waals surface area contributed by atoms with Crippen LogP contribution in [0.25, 0.3) is 10.4 Å². The first-order valence-electron chi connectivity index (χ1n) is 12.2. The predicted octanol–water partition coefficient (Wildman–Crippen LogP) is 5.05. The van der Waals surface area contributed by atoms with Gasteiger partial charge in [0.15, 0.2) is 5.01 Å². The summed E-state index contributed by atoms with van der Waals surface area (Å²) >= 11 is 0.513. The number of anilines is 1. The Bertz CT molecular complexity index is 1230. The molecule has 3 N–H and O–H groups in total. The summed E-state index contributed by atoms with van der Waals surface area (Å²) in [5.74, 6) is -5.07. The summed E-state index contributed by atoms with van der Waals surface area (Å²) in [5.41, 5.74) is -3.75. The van der Waals surface area contributed by atoms with Gasteiger partial charge in [-0.15, -0.1) is 11.3 Å². The van der Waals surface area contributed by atoms with Crippen molar-refractivity contribution in [1.82, 2.24) is 20.2 Å². The van der Waals surface area contributed by atoms with Crippen molar-refractivity contribution in [1.29, 1.82) is 0 Å². The Morgan fingerprint density at radius 3 is 2.33 bits per heavy atom. The molecule has 0 unspecified atom stereocenters. The van der Waals surface area contributed by atoms with Crippen molar-refractivity contribution in [3.63, 3.8) is 0 Å². The molecule has 0 spiro atoms. The zero-order chi connectivity index (χ0) is 29.6. The lowest BCUT2D eigenvalue weighted by atomic mass is 9.97. The third-order valence-corrected chi connectivity index (χ3v) is 6.84. The molecule has 39 heavy (non-hydrogen) atoms. The van der Waals surface area contributed by atoms with E-state index in [1.807, 2.05) is 20.8 Å². The van der Waals surface area contributed by atoms with Gasteiger partial charge in [0.05, 0.1) is 22.6 Å². The number of thiazole rings is 1. The van der Waals surface area contributed by atoms with Gasteiger partial charge in [-0.3, -0.25) is 9.59 Å². The Balaban J connectivity index is 2.12. The van der Waals surface area contributed by atoms with Crippen LogP contribution in [-0.4, -0.2) is 69.0 Å². The smallest absolute Gasteiger partial charge is 0.389 e. The fourth-order valence-electron chi connectivity index (χ4n) is 3.86. The quantitative estimate of drug-likeness (QED) is 0.398. The van der Waals surface area contributed by atoms with Gasteiger partial charge in [0.25, 0.3) is 17.7 Å². The van der Waals surface area contributed by atoms with E-state index in [2.05, 4.69) is 20.6 Å². The van der Waals surface area contributed by atoms with E-state index in [-0.39, 0.29) is 27.7 Å². The zero-order valence-electron chi connectivity index (χ0n) is 22.5. The van der Waals surface area contributed by atoms with Gasteiger partial charge in [0, 0.05) is 37.3 Å². The van der Waals surface area contributed by atoms with Crippen molar-refractivity contribution in [2.45, 2.75) is 71.7 Å². The van der Waals surface area contributed by atoms with Gasteiger partial charge in [-0.25, -0.2) is 18.7 Å². The number of hydrogen-bond donors (Lipinski definition) is 3. The molecule has 1 saturated heterocycles. The standard InChI is InChI=1S/C25H32F5N5O3S/c1-13-8-24(26,27)12-35(13)21(37)17-18(39-20(34-17)19(36)33-11-23(5,6)38)14-9-31-16(32-10-22(2,3)4)7-15(14)25(28,29)30/h7,9,13,38H,8,10-12H2,1-6H3,(H,31,32)(H,33,36)/t13-/m0/s1. The van der Waals surface area contributed by atoms with Gasteiger partial charge >= 0.3 is 6.18 Å². The molecule has 216 valence electrons. The minimum atomic E-state index is -4.88. The monoisotopic (exact) mass is 577 g/mol. The molecule has 1 aliphatic heterocycles. The highest BCUT2D eigenvalue weighted by Crippen LogP contribution is 2.42. The largest absolute Gasteiger partial charge is 0.417 e. The molecule has 2 aromatic rings. The van der Waals surface area contributed by atoms with Gasteiger partial charge in [-0.1, -0.05) is 20.8 Å². The van der Waals surface area contributed by atoms with Gasteiger partial charge in [0.1, 0.15) is 11.5 Å². The number of likely N-dealkylation sites (tertiary alicyclic amines) is 1. The molecule has 1 fully saturated rings. The van der Waals surface area contributed by atoms with Crippen LogP contribution >= 0.6 is 11.3 Å². The lowest BCUT2D eigenvalue weighted by molar-refractivity contribution is -0.137. The number of amides is 2. The number of carbonyl (C=O) groups excluding carboxylic acids is 2. The van der Waals surface area contributed by atoms with Crippen LogP contribution in [0.15, 0.2) is 12.3 Å². The van der Waals surface area contributed by atoms with E-state index < -0.39 is 65.3 Å². The van der Waals surface area contributed by atoms with E-state index in [0.29, 0.717) is 17.9 Å². The normalized spacial score (nSPS) is 17.8. The molecule has 0 aliphatic carbocycles. The molecule has 8 nitrogen and oxygen atoms in total. The number of rotatable bonds is 7. The van der Waals surface area contributed by atoms with E-state index in [9.17, 15) is 36.6 Å². The highest BCUT2D eigenvalue weighted by molar-refractivity contribution is 7.17.